The van der Waals surface area contributed by atoms with Crippen LogP contribution in [-0.4, -0.2) is 39.4 Å². The van der Waals surface area contributed by atoms with Crippen LogP contribution in [0.1, 0.15) is 36.1 Å². The smallest absolute Gasteiger partial charge is 0.251 e. The van der Waals surface area contributed by atoms with Crippen LogP contribution in [0.3, 0.4) is 0 Å². The van der Waals surface area contributed by atoms with Gasteiger partial charge in [0.25, 0.3) is 5.91 Å². The van der Waals surface area contributed by atoms with Crippen LogP contribution in [0.5, 0.6) is 5.75 Å². The molecule has 0 spiro atoms. The predicted octanol–water partition coefficient (Wildman–Crippen LogP) is 3.67. The number of halogens is 1. The van der Waals surface area contributed by atoms with Crippen molar-refractivity contribution in [2.75, 3.05) is 18.2 Å². The molecule has 1 atom stereocenters. The predicted molar refractivity (Wildman–Crippen MR) is 120 cm³/mol. The number of ether oxygens (including phenoxy) is 1. The van der Waals surface area contributed by atoms with Gasteiger partial charge in [-0.3, -0.25) is 9.59 Å². The largest absolute Gasteiger partial charge is 0.497 e. The first-order chi connectivity index (χ1) is 15.4. The Morgan fingerprint density at radius 2 is 1.88 bits per heavy atom. The number of rotatable bonds is 9. The SMILES string of the molecule is CCn1c(SCC(=O)Nc2ccccc2F)nnc1[C@H](C)NC(=O)c1ccc(OC)cc1. The molecule has 1 heterocycles. The third-order valence-electron chi connectivity index (χ3n) is 4.63. The number of methoxy groups -OCH3 is 1. The van der Waals surface area contributed by atoms with Gasteiger partial charge in [0.1, 0.15) is 11.6 Å². The van der Waals surface area contributed by atoms with Gasteiger partial charge in [0.2, 0.25) is 5.91 Å². The van der Waals surface area contributed by atoms with Gasteiger partial charge in [0.15, 0.2) is 11.0 Å². The van der Waals surface area contributed by atoms with Crippen molar-refractivity contribution in [1.29, 1.82) is 0 Å². The highest BCUT2D eigenvalue weighted by molar-refractivity contribution is 7.99. The lowest BCUT2D eigenvalue weighted by Crippen LogP contribution is -2.28. The minimum absolute atomic E-state index is 0.0407. The molecular weight excluding hydrogens is 433 g/mol. The maximum atomic E-state index is 13.7. The van der Waals surface area contributed by atoms with Crippen LogP contribution in [0.25, 0.3) is 0 Å². The van der Waals surface area contributed by atoms with Crippen molar-refractivity contribution in [2.24, 2.45) is 0 Å². The van der Waals surface area contributed by atoms with Gasteiger partial charge in [-0.05, 0) is 50.2 Å². The number of hydrogen-bond donors (Lipinski definition) is 2. The van der Waals surface area contributed by atoms with Crippen LogP contribution in [0.2, 0.25) is 0 Å². The highest BCUT2D eigenvalue weighted by Gasteiger charge is 2.20. The van der Waals surface area contributed by atoms with Gasteiger partial charge in [0, 0.05) is 12.1 Å². The molecule has 0 unspecified atom stereocenters. The van der Waals surface area contributed by atoms with Crippen molar-refractivity contribution in [2.45, 2.75) is 31.6 Å². The fourth-order valence-corrected chi connectivity index (χ4v) is 3.80. The topological polar surface area (TPSA) is 98.1 Å². The molecule has 0 aliphatic heterocycles. The summed E-state index contributed by atoms with van der Waals surface area (Å²) in [4.78, 5) is 24.8. The Kier molecular flexibility index (Phi) is 7.82. The molecule has 2 aromatic carbocycles. The Morgan fingerprint density at radius 3 is 2.53 bits per heavy atom. The van der Waals surface area contributed by atoms with E-state index in [0.29, 0.717) is 28.8 Å². The second-order valence-electron chi connectivity index (χ2n) is 6.83. The van der Waals surface area contributed by atoms with E-state index in [4.69, 9.17) is 4.74 Å². The minimum atomic E-state index is -0.494. The monoisotopic (exact) mass is 457 g/mol. The van der Waals surface area contributed by atoms with Gasteiger partial charge in [-0.2, -0.15) is 0 Å². The van der Waals surface area contributed by atoms with Crippen LogP contribution >= 0.6 is 11.8 Å². The van der Waals surface area contributed by atoms with Gasteiger partial charge in [0.05, 0.1) is 24.6 Å². The number of nitrogens with zero attached hydrogens (tertiary/aromatic N) is 3. The normalized spacial score (nSPS) is 11.6. The average molecular weight is 458 g/mol. The molecule has 8 nitrogen and oxygen atoms in total. The summed E-state index contributed by atoms with van der Waals surface area (Å²) in [6.07, 6.45) is 0. The third-order valence-corrected chi connectivity index (χ3v) is 5.60. The number of para-hydroxylation sites is 1. The molecule has 0 bridgehead atoms. The van der Waals surface area contributed by atoms with E-state index >= 15 is 0 Å². The first kappa shape index (κ1) is 23.3. The Balaban J connectivity index is 1.62. The Bertz CT molecular complexity index is 1090. The van der Waals surface area contributed by atoms with Crippen molar-refractivity contribution in [3.05, 3.63) is 65.7 Å². The maximum Gasteiger partial charge on any atom is 0.251 e. The molecule has 10 heteroatoms. The maximum absolute atomic E-state index is 13.7. The van der Waals surface area contributed by atoms with Crippen molar-refractivity contribution < 1.29 is 18.7 Å². The Morgan fingerprint density at radius 1 is 1.16 bits per heavy atom. The van der Waals surface area contributed by atoms with Crippen molar-refractivity contribution in [1.82, 2.24) is 20.1 Å². The molecule has 3 aromatic rings. The molecular formula is C22H24FN5O3S. The minimum Gasteiger partial charge on any atom is -0.497 e. The molecule has 0 fully saturated rings. The van der Waals surface area contributed by atoms with Crippen LogP contribution < -0.4 is 15.4 Å². The lowest BCUT2D eigenvalue weighted by atomic mass is 10.2. The van der Waals surface area contributed by atoms with E-state index in [2.05, 4.69) is 20.8 Å². The molecule has 32 heavy (non-hydrogen) atoms. The van der Waals surface area contributed by atoms with Crippen LogP contribution in [0, 0.1) is 5.82 Å². The van der Waals surface area contributed by atoms with Gasteiger partial charge in [-0.15, -0.1) is 10.2 Å². The number of benzene rings is 2. The number of amides is 2. The quantitative estimate of drug-likeness (QED) is 0.476. The number of carbonyl (C=O) groups is 2. The molecule has 0 aliphatic carbocycles. The summed E-state index contributed by atoms with van der Waals surface area (Å²) >= 11 is 1.19. The van der Waals surface area contributed by atoms with Crippen LogP contribution in [0.4, 0.5) is 10.1 Å². The molecule has 0 aliphatic rings. The van der Waals surface area contributed by atoms with E-state index < -0.39 is 11.9 Å². The summed E-state index contributed by atoms with van der Waals surface area (Å²) in [6.45, 7) is 4.30. The Hall–Kier alpha value is -3.40. The number of hydrogen-bond acceptors (Lipinski definition) is 6. The number of thioether (sulfide) groups is 1. The van der Waals surface area contributed by atoms with E-state index in [-0.39, 0.29) is 23.3 Å². The molecule has 0 saturated heterocycles. The van der Waals surface area contributed by atoms with Crippen molar-refractivity contribution in [3.8, 4) is 5.75 Å². The number of anilines is 1. The van der Waals surface area contributed by atoms with E-state index in [1.54, 1.807) is 43.5 Å². The lowest BCUT2D eigenvalue weighted by Gasteiger charge is -2.15. The van der Waals surface area contributed by atoms with Gasteiger partial charge in [-0.1, -0.05) is 23.9 Å². The van der Waals surface area contributed by atoms with E-state index in [1.807, 2.05) is 18.4 Å². The van der Waals surface area contributed by atoms with Gasteiger partial charge in [-0.25, -0.2) is 4.39 Å². The van der Waals surface area contributed by atoms with Crippen LogP contribution in [-0.2, 0) is 11.3 Å². The zero-order valence-electron chi connectivity index (χ0n) is 18.0. The van der Waals surface area contributed by atoms with Crippen molar-refractivity contribution >= 4 is 29.3 Å². The number of carbonyl (C=O) groups excluding carboxylic acids is 2. The highest BCUT2D eigenvalue weighted by atomic mass is 32.2. The molecule has 168 valence electrons. The summed E-state index contributed by atoms with van der Waals surface area (Å²) in [6, 6.07) is 12.4. The summed E-state index contributed by atoms with van der Waals surface area (Å²) in [5.41, 5.74) is 0.630. The van der Waals surface area contributed by atoms with E-state index in [9.17, 15) is 14.0 Å². The summed E-state index contributed by atoms with van der Waals surface area (Å²) < 4.78 is 20.6. The number of aromatic nitrogens is 3. The summed E-state index contributed by atoms with van der Waals surface area (Å²) in [7, 11) is 1.56. The summed E-state index contributed by atoms with van der Waals surface area (Å²) in [5, 5.41) is 14.4. The zero-order valence-corrected chi connectivity index (χ0v) is 18.8. The zero-order chi connectivity index (χ0) is 23.1. The van der Waals surface area contributed by atoms with Crippen LogP contribution in [0.15, 0.2) is 53.7 Å². The number of nitrogens with one attached hydrogen (secondary N) is 2. The first-order valence-electron chi connectivity index (χ1n) is 9.98. The molecule has 2 amide bonds. The summed E-state index contributed by atoms with van der Waals surface area (Å²) in [5.74, 6) is 0.190. The lowest BCUT2D eigenvalue weighted by molar-refractivity contribution is -0.113. The van der Waals surface area contributed by atoms with E-state index in [1.165, 1.54) is 23.9 Å². The van der Waals surface area contributed by atoms with E-state index in [0.717, 1.165) is 0 Å². The fraction of sp³-hybridized carbons (Fsp3) is 0.273. The fourth-order valence-electron chi connectivity index (χ4n) is 2.99. The molecule has 0 radical (unpaired) electrons. The second kappa shape index (κ2) is 10.8. The molecule has 3 rings (SSSR count). The highest BCUT2D eigenvalue weighted by Crippen LogP contribution is 2.22. The molecule has 2 N–H and O–H groups in total. The first-order valence-corrected chi connectivity index (χ1v) is 11.0. The van der Waals surface area contributed by atoms with Gasteiger partial charge < -0.3 is 19.9 Å². The standard InChI is InChI=1S/C22H24FN5O3S/c1-4-28-20(14(2)24-21(30)15-9-11-16(31-3)12-10-15)26-27-22(28)32-13-19(29)25-18-8-6-5-7-17(18)23/h5-12,14H,4,13H2,1-3H3,(H,24,30)(H,25,29)/t14-/m0/s1. The molecule has 0 saturated carbocycles. The average Bonchev–Trinajstić information content (AvgIpc) is 3.22. The molecule has 1 aromatic heterocycles. The van der Waals surface area contributed by atoms with Gasteiger partial charge >= 0.3 is 0 Å². The second-order valence-corrected chi connectivity index (χ2v) is 7.77. The Labute approximate surface area is 189 Å². The third kappa shape index (κ3) is 5.64. The van der Waals surface area contributed by atoms with Crippen molar-refractivity contribution in [3.63, 3.8) is 0 Å².